The van der Waals surface area contributed by atoms with Gasteiger partial charge in [-0.05, 0) is 43.0 Å². The standard InChI is InChI=1S/C16H22N2O2/c1-3-18(11-16(20)17-2)10-15(19)14-8-7-12-5-4-6-13(12)9-14/h7-9H,3-6,10-11H2,1-2H3,(H,17,20). The number of aryl methyl sites for hydroxylation is 2. The van der Waals surface area contributed by atoms with E-state index in [2.05, 4.69) is 11.4 Å². The Morgan fingerprint density at radius 2 is 1.95 bits per heavy atom. The quantitative estimate of drug-likeness (QED) is 0.798. The third-order valence-electron chi connectivity index (χ3n) is 3.88. The first kappa shape index (κ1) is 14.7. The Bertz CT molecular complexity index is 511. The fourth-order valence-corrected chi connectivity index (χ4v) is 2.60. The summed E-state index contributed by atoms with van der Waals surface area (Å²) in [5, 5.41) is 2.58. The van der Waals surface area contributed by atoms with Crippen LogP contribution in [0.25, 0.3) is 0 Å². The lowest BCUT2D eigenvalue weighted by Gasteiger charge is -2.18. The summed E-state index contributed by atoms with van der Waals surface area (Å²) in [7, 11) is 1.61. The van der Waals surface area contributed by atoms with Gasteiger partial charge in [-0.25, -0.2) is 0 Å². The number of nitrogens with one attached hydrogen (secondary N) is 1. The highest BCUT2D eigenvalue weighted by Crippen LogP contribution is 2.23. The summed E-state index contributed by atoms with van der Waals surface area (Å²) < 4.78 is 0. The average Bonchev–Trinajstić information content (AvgIpc) is 2.93. The summed E-state index contributed by atoms with van der Waals surface area (Å²) in [6, 6.07) is 6.02. The lowest BCUT2D eigenvalue weighted by molar-refractivity contribution is -0.121. The molecule has 0 aliphatic heterocycles. The molecule has 1 aliphatic rings. The highest BCUT2D eigenvalue weighted by atomic mass is 16.2. The Morgan fingerprint density at radius 1 is 1.20 bits per heavy atom. The smallest absolute Gasteiger partial charge is 0.233 e. The van der Waals surface area contributed by atoms with Gasteiger partial charge in [-0.15, -0.1) is 0 Å². The molecule has 108 valence electrons. The van der Waals surface area contributed by atoms with E-state index in [1.54, 1.807) is 7.05 Å². The minimum Gasteiger partial charge on any atom is -0.358 e. The van der Waals surface area contributed by atoms with Crippen LogP contribution in [0, 0.1) is 0 Å². The van der Waals surface area contributed by atoms with E-state index >= 15 is 0 Å². The third kappa shape index (κ3) is 3.45. The number of likely N-dealkylation sites (N-methyl/N-ethyl adjacent to an activating group) is 2. The fraction of sp³-hybridized carbons (Fsp3) is 0.500. The second-order valence-electron chi connectivity index (χ2n) is 5.24. The van der Waals surface area contributed by atoms with Gasteiger partial charge in [0.25, 0.3) is 0 Å². The molecule has 0 saturated heterocycles. The first-order valence-corrected chi connectivity index (χ1v) is 7.22. The summed E-state index contributed by atoms with van der Waals surface area (Å²) in [6.07, 6.45) is 3.39. The lowest BCUT2D eigenvalue weighted by Crippen LogP contribution is -2.38. The molecule has 0 aromatic heterocycles. The van der Waals surface area contributed by atoms with Gasteiger partial charge in [-0.3, -0.25) is 14.5 Å². The van der Waals surface area contributed by atoms with Crippen molar-refractivity contribution in [2.45, 2.75) is 26.2 Å². The lowest BCUT2D eigenvalue weighted by atomic mass is 10.0. The maximum absolute atomic E-state index is 12.3. The van der Waals surface area contributed by atoms with Crippen LogP contribution in [0.3, 0.4) is 0 Å². The van der Waals surface area contributed by atoms with Crippen LogP contribution in [-0.2, 0) is 17.6 Å². The van der Waals surface area contributed by atoms with E-state index < -0.39 is 0 Å². The molecule has 0 fully saturated rings. The van der Waals surface area contributed by atoms with Crippen LogP contribution in [0.4, 0.5) is 0 Å². The molecular weight excluding hydrogens is 252 g/mol. The van der Waals surface area contributed by atoms with Gasteiger partial charge in [0.2, 0.25) is 5.91 Å². The SMILES string of the molecule is CCN(CC(=O)NC)CC(=O)c1ccc2c(c1)CCC2. The van der Waals surface area contributed by atoms with Crippen molar-refractivity contribution in [3.8, 4) is 0 Å². The van der Waals surface area contributed by atoms with E-state index in [9.17, 15) is 9.59 Å². The number of nitrogens with zero attached hydrogens (tertiary/aromatic N) is 1. The molecule has 20 heavy (non-hydrogen) atoms. The van der Waals surface area contributed by atoms with E-state index in [-0.39, 0.29) is 18.2 Å². The number of carbonyl (C=O) groups excluding carboxylic acids is 2. The van der Waals surface area contributed by atoms with E-state index in [0.717, 1.165) is 18.4 Å². The molecule has 0 bridgehead atoms. The van der Waals surface area contributed by atoms with Gasteiger partial charge in [0.05, 0.1) is 13.1 Å². The molecule has 4 nitrogen and oxygen atoms in total. The van der Waals surface area contributed by atoms with Crippen molar-refractivity contribution in [1.29, 1.82) is 0 Å². The molecule has 1 amide bonds. The topological polar surface area (TPSA) is 49.4 Å². The zero-order chi connectivity index (χ0) is 14.5. The first-order valence-electron chi connectivity index (χ1n) is 7.22. The first-order chi connectivity index (χ1) is 9.63. The Hall–Kier alpha value is -1.68. The molecule has 1 aromatic rings. The number of carbonyl (C=O) groups is 2. The molecule has 4 heteroatoms. The second-order valence-corrected chi connectivity index (χ2v) is 5.24. The molecular formula is C16H22N2O2. The second kappa shape index (κ2) is 6.66. The number of amides is 1. The zero-order valence-corrected chi connectivity index (χ0v) is 12.2. The molecule has 1 aromatic carbocycles. The van der Waals surface area contributed by atoms with Gasteiger partial charge >= 0.3 is 0 Å². The van der Waals surface area contributed by atoms with Gasteiger partial charge < -0.3 is 5.32 Å². The highest BCUT2D eigenvalue weighted by Gasteiger charge is 2.16. The molecule has 0 spiro atoms. The molecule has 0 atom stereocenters. The van der Waals surface area contributed by atoms with E-state index in [1.165, 1.54) is 17.5 Å². The minimum absolute atomic E-state index is 0.0615. The van der Waals surface area contributed by atoms with Crippen LogP contribution in [0.2, 0.25) is 0 Å². The van der Waals surface area contributed by atoms with Crippen molar-refractivity contribution in [3.63, 3.8) is 0 Å². The largest absolute Gasteiger partial charge is 0.358 e. The van der Waals surface area contributed by atoms with Crippen molar-refractivity contribution >= 4 is 11.7 Å². The van der Waals surface area contributed by atoms with Gasteiger partial charge in [0, 0.05) is 12.6 Å². The van der Waals surface area contributed by atoms with E-state index in [0.29, 0.717) is 13.1 Å². The summed E-state index contributed by atoms with van der Waals surface area (Å²) >= 11 is 0. The summed E-state index contributed by atoms with van der Waals surface area (Å²) in [5.41, 5.74) is 3.45. The number of fused-ring (bicyclic) bond motifs is 1. The Labute approximate surface area is 120 Å². The summed E-state index contributed by atoms with van der Waals surface area (Å²) in [4.78, 5) is 25.6. The maximum atomic E-state index is 12.3. The van der Waals surface area contributed by atoms with E-state index in [1.807, 2.05) is 24.0 Å². The molecule has 1 N–H and O–H groups in total. The van der Waals surface area contributed by atoms with Crippen LogP contribution in [0.15, 0.2) is 18.2 Å². The molecule has 0 heterocycles. The monoisotopic (exact) mass is 274 g/mol. The van der Waals surface area contributed by atoms with Gasteiger partial charge in [0.15, 0.2) is 5.78 Å². The zero-order valence-electron chi connectivity index (χ0n) is 12.2. The fourth-order valence-electron chi connectivity index (χ4n) is 2.60. The van der Waals surface area contributed by atoms with Crippen LogP contribution < -0.4 is 5.32 Å². The van der Waals surface area contributed by atoms with Crippen molar-refractivity contribution < 1.29 is 9.59 Å². The van der Waals surface area contributed by atoms with Crippen molar-refractivity contribution in [2.24, 2.45) is 0 Å². The van der Waals surface area contributed by atoms with Gasteiger partial charge in [0.1, 0.15) is 0 Å². The van der Waals surface area contributed by atoms with Crippen LogP contribution >= 0.6 is 0 Å². The predicted octanol–water partition coefficient (Wildman–Crippen LogP) is 1.43. The van der Waals surface area contributed by atoms with E-state index in [4.69, 9.17) is 0 Å². The number of benzene rings is 1. The van der Waals surface area contributed by atoms with Crippen molar-refractivity contribution in [2.75, 3.05) is 26.7 Å². The van der Waals surface area contributed by atoms with Crippen LogP contribution in [-0.4, -0.2) is 43.3 Å². The van der Waals surface area contributed by atoms with Gasteiger partial charge in [-0.1, -0.05) is 19.1 Å². The highest BCUT2D eigenvalue weighted by molar-refractivity contribution is 5.98. The minimum atomic E-state index is -0.0615. The summed E-state index contributed by atoms with van der Waals surface area (Å²) in [5.74, 6) is 0.0269. The Kier molecular flexibility index (Phi) is 4.90. The number of Topliss-reactive ketones (excluding diaryl/α,β-unsaturated/α-hetero) is 1. The average molecular weight is 274 g/mol. The predicted molar refractivity (Wildman–Crippen MR) is 79.0 cm³/mol. The number of ketones is 1. The normalized spacial score (nSPS) is 13.3. The number of rotatable bonds is 6. The van der Waals surface area contributed by atoms with Crippen molar-refractivity contribution in [1.82, 2.24) is 10.2 Å². The molecule has 2 rings (SSSR count). The summed E-state index contributed by atoms with van der Waals surface area (Å²) in [6.45, 7) is 3.20. The number of hydrogen-bond acceptors (Lipinski definition) is 3. The Morgan fingerprint density at radius 3 is 2.65 bits per heavy atom. The maximum Gasteiger partial charge on any atom is 0.233 e. The van der Waals surface area contributed by atoms with Crippen LogP contribution in [0.1, 0.15) is 34.8 Å². The Balaban J connectivity index is 2.01. The molecule has 1 aliphatic carbocycles. The molecule has 0 unspecified atom stereocenters. The number of hydrogen-bond donors (Lipinski definition) is 1. The third-order valence-corrected chi connectivity index (χ3v) is 3.88. The van der Waals surface area contributed by atoms with Crippen LogP contribution in [0.5, 0.6) is 0 Å². The molecule has 0 saturated carbocycles. The van der Waals surface area contributed by atoms with Crippen molar-refractivity contribution in [3.05, 3.63) is 34.9 Å². The van der Waals surface area contributed by atoms with Gasteiger partial charge in [-0.2, -0.15) is 0 Å². The molecule has 0 radical (unpaired) electrons.